The standard InChI is InChI=1S/C11H12BrClO/c1-8-9(4-2-5-10(8)13)11(14)6-3-7-12/h2,4-5H,3,6-7H2,1H3. The number of carbonyl (C=O) groups excluding carboxylic acids is 1. The van der Waals surface area contributed by atoms with Crippen LogP contribution in [0.3, 0.4) is 0 Å². The van der Waals surface area contributed by atoms with Gasteiger partial charge in [0.25, 0.3) is 0 Å². The second kappa shape index (κ2) is 5.52. The van der Waals surface area contributed by atoms with Crippen molar-refractivity contribution in [2.75, 3.05) is 5.33 Å². The Morgan fingerprint density at radius 1 is 1.50 bits per heavy atom. The van der Waals surface area contributed by atoms with Gasteiger partial charge in [0.15, 0.2) is 5.78 Å². The number of hydrogen-bond acceptors (Lipinski definition) is 1. The second-order valence-corrected chi connectivity index (χ2v) is 4.33. The molecule has 0 saturated heterocycles. The highest BCUT2D eigenvalue weighted by molar-refractivity contribution is 9.09. The van der Waals surface area contributed by atoms with Crippen LogP contribution in [-0.4, -0.2) is 11.1 Å². The minimum absolute atomic E-state index is 0.171. The van der Waals surface area contributed by atoms with Crippen molar-refractivity contribution in [1.29, 1.82) is 0 Å². The highest BCUT2D eigenvalue weighted by Crippen LogP contribution is 2.20. The maximum absolute atomic E-state index is 11.7. The van der Waals surface area contributed by atoms with Gasteiger partial charge >= 0.3 is 0 Å². The van der Waals surface area contributed by atoms with Crippen molar-refractivity contribution in [1.82, 2.24) is 0 Å². The Kier molecular flexibility index (Phi) is 4.63. The molecule has 14 heavy (non-hydrogen) atoms. The smallest absolute Gasteiger partial charge is 0.163 e. The molecule has 3 heteroatoms. The number of alkyl halides is 1. The average Bonchev–Trinajstić information content (AvgIpc) is 2.18. The molecule has 0 aliphatic heterocycles. The average molecular weight is 276 g/mol. The van der Waals surface area contributed by atoms with Crippen molar-refractivity contribution in [3.63, 3.8) is 0 Å². The lowest BCUT2D eigenvalue weighted by atomic mass is 10.0. The quantitative estimate of drug-likeness (QED) is 0.599. The van der Waals surface area contributed by atoms with E-state index in [9.17, 15) is 4.79 Å². The molecular weight excluding hydrogens is 263 g/mol. The van der Waals surface area contributed by atoms with Crippen molar-refractivity contribution in [3.8, 4) is 0 Å². The molecule has 0 amide bonds. The molecule has 76 valence electrons. The maximum atomic E-state index is 11.7. The largest absolute Gasteiger partial charge is 0.294 e. The molecule has 0 aliphatic carbocycles. The van der Waals surface area contributed by atoms with Crippen molar-refractivity contribution >= 4 is 33.3 Å². The van der Waals surface area contributed by atoms with E-state index in [1.165, 1.54) is 0 Å². The van der Waals surface area contributed by atoms with Crippen LogP contribution in [-0.2, 0) is 0 Å². The molecule has 0 radical (unpaired) electrons. The SMILES string of the molecule is Cc1c(Cl)cccc1C(=O)CCCBr. The van der Waals surface area contributed by atoms with E-state index in [1.807, 2.05) is 19.1 Å². The molecule has 0 unspecified atom stereocenters. The molecule has 1 rings (SSSR count). The van der Waals surface area contributed by atoms with Crippen LogP contribution >= 0.6 is 27.5 Å². The number of carbonyl (C=O) groups is 1. The highest BCUT2D eigenvalue weighted by Gasteiger charge is 2.09. The van der Waals surface area contributed by atoms with Gasteiger partial charge in [-0.15, -0.1) is 0 Å². The predicted molar refractivity (Wildman–Crippen MR) is 63.5 cm³/mol. The van der Waals surface area contributed by atoms with Gasteiger partial charge in [-0.2, -0.15) is 0 Å². The molecule has 0 atom stereocenters. The molecule has 0 saturated carbocycles. The van der Waals surface area contributed by atoms with Crippen LogP contribution in [0.2, 0.25) is 5.02 Å². The third kappa shape index (κ3) is 2.82. The van der Waals surface area contributed by atoms with Crippen LogP contribution in [0, 0.1) is 6.92 Å². The van der Waals surface area contributed by atoms with Gasteiger partial charge in [0.2, 0.25) is 0 Å². The minimum Gasteiger partial charge on any atom is -0.294 e. The summed E-state index contributed by atoms with van der Waals surface area (Å²) in [5.41, 5.74) is 1.63. The van der Waals surface area contributed by atoms with Crippen molar-refractivity contribution in [2.24, 2.45) is 0 Å². The van der Waals surface area contributed by atoms with Gasteiger partial charge in [0, 0.05) is 22.3 Å². The molecular formula is C11H12BrClO. The van der Waals surface area contributed by atoms with Crippen LogP contribution in [0.15, 0.2) is 18.2 Å². The Labute approximate surface area is 97.6 Å². The molecule has 0 heterocycles. The number of rotatable bonds is 4. The highest BCUT2D eigenvalue weighted by atomic mass is 79.9. The van der Waals surface area contributed by atoms with E-state index in [0.29, 0.717) is 11.4 Å². The van der Waals surface area contributed by atoms with Crippen molar-refractivity contribution in [3.05, 3.63) is 34.3 Å². The van der Waals surface area contributed by atoms with E-state index < -0.39 is 0 Å². The van der Waals surface area contributed by atoms with Crippen LogP contribution in [0.1, 0.15) is 28.8 Å². The van der Waals surface area contributed by atoms with E-state index in [2.05, 4.69) is 15.9 Å². The van der Waals surface area contributed by atoms with Gasteiger partial charge in [-0.05, 0) is 25.0 Å². The predicted octanol–water partition coefficient (Wildman–Crippen LogP) is 4.01. The first-order chi connectivity index (χ1) is 6.66. The molecule has 0 aromatic heterocycles. The van der Waals surface area contributed by atoms with E-state index in [0.717, 1.165) is 22.9 Å². The first-order valence-electron chi connectivity index (χ1n) is 4.51. The zero-order chi connectivity index (χ0) is 10.6. The lowest BCUT2D eigenvalue weighted by molar-refractivity contribution is 0.0981. The molecule has 0 spiro atoms. The topological polar surface area (TPSA) is 17.1 Å². The first-order valence-corrected chi connectivity index (χ1v) is 6.01. The van der Waals surface area contributed by atoms with Gasteiger partial charge in [-0.3, -0.25) is 4.79 Å². The van der Waals surface area contributed by atoms with E-state index in [-0.39, 0.29) is 5.78 Å². The van der Waals surface area contributed by atoms with Gasteiger partial charge in [-0.1, -0.05) is 39.7 Å². The first kappa shape index (κ1) is 11.7. The summed E-state index contributed by atoms with van der Waals surface area (Å²) >= 11 is 9.24. The Hall–Kier alpha value is -0.340. The van der Waals surface area contributed by atoms with Gasteiger partial charge in [0.05, 0.1) is 0 Å². The number of benzene rings is 1. The van der Waals surface area contributed by atoms with E-state index in [1.54, 1.807) is 6.07 Å². The fraction of sp³-hybridized carbons (Fsp3) is 0.364. The fourth-order valence-electron chi connectivity index (χ4n) is 1.27. The fourth-order valence-corrected chi connectivity index (χ4v) is 1.73. The summed E-state index contributed by atoms with van der Waals surface area (Å²) in [7, 11) is 0. The van der Waals surface area contributed by atoms with E-state index in [4.69, 9.17) is 11.6 Å². The lowest BCUT2D eigenvalue weighted by Crippen LogP contribution is -2.02. The summed E-state index contributed by atoms with van der Waals surface area (Å²) in [6, 6.07) is 5.45. The summed E-state index contributed by atoms with van der Waals surface area (Å²) in [5, 5.41) is 1.52. The van der Waals surface area contributed by atoms with Crippen LogP contribution in [0.25, 0.3) is 0 Å². The van der Waals surface area contributed by atoms with E-state index >= 15 is 0 Å². The molecule has 0 aliphatic rings. The molecule has 0 bridgehead atoms. The summed E-state index contributed by atoms with van der Waals surface area (Å²) in [5.74, 6) is 0.171. The summed E-state index contributed by atoms with van der Waals surface area (Å²) in [6.45, 7) is 1.88. The van der Waals surface area contributed by atoms with Crippen molar-refractivity contribution in [2.45, 2.75) is 19.8 Å². The Morgan fingerprint density at radius 2 is 2.21 bits per heavy atom. The van der Waals surface area contributed by atoms with Gasteiger partial charge in [0.1, 0.15) is 0 Å². The summed E-state index contributed by atoms with van der Waals surface area (Å²) < 4.78 is 0. The van der Waals surface area contributed by atoms with Gasteiger partial charge in [-0.25, -0.2) is 0 Å². The van der Waals surface area contributed by atoms with Crippen LogP contribution < -0.4 is 0 Å². The number of Topliss-reactive ketones (excluding diaryl/α,β-unsaturated/α-hetero) is 1. The molecule has 1 aromatic rings. The summed E-state index contributed by atoms with van der Waals surface area (Å²) in [4.78, 5) is 11.7. The monoisotopic (exact) mass is 274 g/mol. The number of hydrogen-bond donors (Lipinski definition) is 0. The Morgan fingerprint density at radius 3 is 2.86 bits per heavy atom. The second-order valence-electron chi connectivity index (χ2n) is 3.13. The Balaban J connectivity index is 2.84. The zero-order valence-electron chi connectivity index (χ0n) is 8.02. The maximum Gasteiger partial charge on any atom is 0.163 e. The zero-order valence-corrected chi connectivity index (χ0v) is 10.4. The van der Waals surface area contributed by atoms with Gasteiger partial charge < -0.3 is 0 Å². The van der Waals surface area contributed by atoms with Crippen molar-refractivity contribution < 1.29 is 4.79 Å². The van der Waals surface area contributed by atoms with Crippen LogP contribution in [0.5, 0.6) is 0 Å². The third-order valence-corrected chi connectivity index (χ3v) is 3.08. The number of ketones is 1. The molecule has 1 aromatic carbocycles. The van der Waals surface area contributed by atoms with Crippen LogP contribution in [0.4, 0.5) is 0 Å². The Bertz CT molecular complexity index is 336. The summed E-state index contributed by atoms with van der Waals surface area (Å²) in [6.07, 6.45) is 1.44. The third-order valence-electron chi connectivity index (χ3n) is 2.11. The normalized spacial score (nSPS) is 10.2. The molecule has 1 nitrogen and oxygen atoms in total. The lowest BCUT2D eigenvalue weighted by Gasteiger charge is -2.05. The number of halogens is 2. The molecule has 0 N–H and O–H groups in total. The molecule has 0 fully saturated rings. The minimum atomic E-state index is 0.171.